The van der Waals surface area contributed by atoms with Crippen molar-refractivity contribution in [2.24, 2.45) is 11.7 Å². The van der Waals surface area contributed by atoms with Crippen LogP contribution < -0.4 is 11.1 Å². The first-order valence-electron chi connectivity index (χ1n) is 9.35. The Hall–Kier alpha value is -2.06. The molecule has 150 valence electrons. The molecule has 1 aromatic heterocycles. The summed E-state index contributed by atoms with van der Waals surface area (Å²) in [6.07, 6.45) is 4.35. The predicted molar refractivity (Wildman–Crippen MR) is 110 cm³/mol. The number of rotatable bonds is 6. The lowest BCUT2D eigenvalue weighted by Crippen LogP contribution is -2.42. The number of nitrogens with one attached hydrogen (secondary N) is 1. The van der Waals surface area contributed by atoms with Crippen LogP contribution in [0.1, 0.15) is 45.6 Å². The zero-order chi connectivity index (χ0) is 20.3. The average molecular weight is 422 g/mol. The van der Waals surface area contributed by atoms with E-state index in [0.717, 1.165) is 31.2 Å². The average Bonchev–Trinajstić information content (AvgIpc) is 3.28. The van der Waals surface area contributed by atoms with Crippen molar-refractivity contribution in [3.63, 3.8) is 0 Å². The highest BCUT2D eigenvalue weighted by atomic mass is 35.5. The van der Waals surface area contributed by atoms with Gasteiger partial charge in [-0.25, -0.2) is 4.79 Å². The number of carbonyl (C=O) groups excluding carboxylic acids is 2. The Morgan fingerprint density at radius 2 is 1.93 bits per heavy atom. The van der Waals surface area contributed by atoms with Gasteiger partial charge in [-0.1, -0.05) is 62.2 Å². The number of hydrogen-bond donors (Lipinski definition) is 2. The number of amides is 3. The number of thioether (sulfide) groups is 1. The summed E-state index contributed by atoms with van der Waals surface area (Å²) < 4.78 is 2.10. The SMILES string of the molecule is CC(C)[C@@H](Sc1nnc(-c2ccccc2Cl)n1C1CCCC1)C(=O)NC(N)=O. The first kappa shape index (κ1) is 20.7. The van der Waals surface area contributed by atoms with E-state index in [1.54, 1.807) is 0 Å². The number of urea groups is 1. The number of imide groups is 1. The summed E-state index contributed by atoms with van der Waals surface area (Å²) in [5.74, 6) is 0.257. The summed E-state index contributed by atoms with van der Waals surface area (Å²) in [7, 11) is 0. The molecule has 3 N–H and O–H groups in total. The van der Waals surface area contributed by atoms with E-state index in [1.165, 1.54) is 11.8 Å². The minimum atomic E-state index is -0.856. The first-order valence-corrected chi connectivity index (χ1v) is 10.6. The van der Waals surface area contributed by atoms with Crippen molar-refractivity contribution < 1.29 is 9.59 Å². The van der Waals surface area contributed by atoms with E-state index < -0.39 is 17.2 Å². The van der Waals surface area contributed by atoms with Crippen molar-refractivity contribution in [1.29, 1.82) is 0 Å². The number of nitrogens with zero attached hydrogens (tertiary/aromatic N) is 3. The summed E-state index contributed by atoms with van der Waals surface area (Å²) in [4.78, 5) is 23.6. The van der Waals surface area contributed by atoms with Gasteiger partial charge in [-0.3, -0.25) is 14.7 Å². The van der Waals surface area contributed by atoms with E-state index >= 15 is 0 Å². The summed E-state index contributed by atoms with van der Waals surface area (Å²) in [6.45, 7) is 3.84. The van der Waals surface area contributed by atoms with Gasteiger partial charge in [0.05, 0.1) is 10.3 Å². The normalized spacial score (nSPS) is 15.7. The van der Waals surface area contributed by atoms with Gasteiger partial charge in [-0.05, 0) is 30.9 Å². The van der Waals surface area contributed by atoms with Crippen LogP contribution in [0.5, 0.6) is 0 Å². The number of aromatic nitrogens is 3. The third-order valence-corrected chi connectivity index (χ3v) is 6.64. The Morgan fingerprint density at radius 3 is 2.54 bits per heavy atom. The van der Waals surface area contributed by atoms with Crippen LogP contribution in [0.2, 0.25) is 5.02 Å². The van der Waals surface area contributed by atoms with Crippen molar-refractivity contribution in [3.8, 4) is 11.4 Å². The maximum atomic E-state index is 12.5. The van der Waals surface area contributed by atoms with Gasteiger partial charge in [-0.2, -0.15) is 0 Å². The standard InChI is InChI=1S/C19H24ClN5O2S/c1-11(2)15(17(26)22-18(21)27)28-19-24-23-16(13-9-5-6-10-14(13)20)25(19)12-7-3-4-8-12/h5-6,9-12,15H,3-4,7-8H2,1-2H3,(H3,21,22,26,27)/t15-/m1/s1. The highest BCUT2D eigenvalue weighted by Gasteiger charge is 2.31. The fourth-order valence-corrected chi connectivity index (χ4v) is 4.80. The second kappa shape index (κ2) is 8.96. The molecule has 0 bridgehead atoms. The van der Waals surface area contributed by atoms with Crippen molar-refractivity contribution >= 4 is 35.3 Å². The van der Waals surface area contributed by atoms with Crippen LogP contribution in [-0.2, 0) is 4.79 Å². The molecule has 1 aliphatic carbocycles. The summed E-state index contributed by atoms with van der Waals surface area (Å²) >= 11 is 7.72. The van der Waals surface area contributed by atoms with Crippen LogP contribution in [-0.4, -0.2) is 32.0 Å². The van der Waals surface area contributed by atoms with Gasteiger partial charge in [0.15, 0.2) is 11.0 Å². The molecule has 0 radical (unpaired) electrons. The highest BCUT2D eigenvalue weighted by molar-refractivity contribution is 8.00. The van der Waals surface area contributed by atoms with Crippen molar-refractivity contribution in [2.75, 3.05) is 0 Å². The molecule has 1 fully saturated rings. The van der Waals surface area contributed by atoms with E-state index in [-0.39, 0.29) is 12.0 Å². The fraction of sp³-hybridized carbons (Fsp3) is 0.474. The molecule has 3 amide bonds. The molecule has 0 aliphatic heterocycles. The van der Waals surface area contributed by atoms with Gasteiger partial charge in [0.1, 0.15) is 0 Å². The zero-order valence-electron chi connectivity index (χ0n) is 15.9. The van der Waals surface area contributed by atoms with Gasteiger partial charge in [0.25, 0.3) is 0 Å². The molecule has 1 aliphatic rings. The molecule has 0 saturated heterocycles. The smallest absolute Gasteiger partial charge is 0.318 e. The number of nitrogens with two attached hydrogens (primary N) is 1. The largest absolute Gasteiger partial charge is 0.351 e. The van der Waals surface area contributed by atoms with Gasteiger partial charge < -0.3 is 5.73 Å². The van der Waals surface area contributed by atoms with Crippen LogP contribution in [0, 0.1) is 5.92 Å². The minimum Gasteiger partial charge on any atom is -0.351 e. The molecule has 1 atom stereocenters. The fourth-order valence-electron chi connectivity index (χ4n) is 3.47. The second-order valence-corrected chi connectivity index (χ2v) is 8.75. The number of carbonyl (C=O) groups is 2. The van der Waals surface area contributed by atoms with Crippen molar-refractivity contribution in [3.05, 3.63) is 29.3 Å². The molecule has 3 rings (SSSR count). The van der Waals surface area contributed by atoms with Gasteiger partial charge in [0.2, 0.25) is 5.91 Å². The van der Waals surface area contributed by atoms with Crippen LogP contribution >= 0.6 is 23.4 Å². The highest BCUT2D eigenvalue weighted by Crippen LogP contribution is 2.39. The summed E-state index contributed by atoms with van der Waals surface area (Å²) in [6, 6.07) is 6.95. The van der Waals surface area contributed by atoms with Crippen LogP contribution in [0.3, 0.4) is 0 Å². The zero-order valence-corrected chi connectivity index (χ0v) is 17.5. The Bertz CT molecular complexity index is 864. The molecule has 7 nitrogen and oxygen atoms in total. The first-order chi connectivity index (χ1) is 13.4. The van der Waals surface area contributed by atoms with E-state index in [9.17, 15) is 9.59 Å². The molecule has 28 heavy (non-hydrogen) atoms. The van der Waals surface area contributed by atoms with Gasteiger partial charge >= 0.3 is 6.03 Å². The monoisotopic (exact) mass is 421 g/mol. The Kier molecular flexibility index (Phi) is 6.61. The molecule has 1 heterocycles. The molecular formula is C19H24ClN5O2S. The molecule has 1 aromatic carbocycles. The predicted octanol–water partition coefficient (Wildman–Crippen LogP) is 4.03. The van der Waals surface area contributed by atoms with E-state index in [1.807, 2.05) is 38.1 Å². The van der Waals surface area contributed by atoms with Gasteiger partial charge in [-0.15, -0.1) is 10.2 Å². The Morgan fingerprint density at radius 1 is 1.25 bits per heavy atom. The number of primary amides is 1. The molecule has 0 unspecified atom stereocenters. The summed E-state index contributed by atoms with van der Waals surface area (Å²) in [5, 5.41) is 11.7. The molecule has 9 heteroatoms. The number of halogens is 1. The topological polar surface area (TPSA) is 103 Å². The van der Waals surface area contributed by atoms with Gasteiger partial charge in [0, 0.05) is 11.6 Å². The third kappa shape index (κ3) is 4.50. The Labute approximate surface area is 173 Å². The van der Waals surface area contributed by atoms with Crippen molar-refractivity contribution in [1.82, 2.24) is 20.1 Å². The van der Waals surface area contributed by atoms with E-state index in [4.69, 9.17) is 17.3 Å². The van der Waals surface area contributed by atoms with E-state index in [0.29, 0.717) is 16.0 Å². The quantitative estimate of drug-likeness (QED) is 0.685. The van der Waals surface area contributed by atoms with Crippen molar-refractivity contribution in [2.45, 2.75) is 56.0 Å². The molecule has 0 spiro atoms. The third-order valence-electron chi connectivity index (χ3n) is 4.81. The number of benzene rings is 1. The number of hydrogen-bond acceptors (Lipinski definition) is 5. The lowest BCUT2D eigenvalue weighted by Gasteiger charge is -2.21. The molecular weight excluding hydrogens is 398 g/mol. The Balaban J connectivity index is 1.99. The maximum Gasteiger partial charge on any atom is 0.318 e. The summed E-state index contributed by atoms with van der Waals surface area (Å²) in [5.41, 5.74) is 5.94. The maximum absolute atomic E-state index is 12.5. The molecule has 2 aromatic rings. The minimum absolute atomic E-state index is 0.0261. The van der Waals surface area contributed by atoms with Crippen LogP contribution in [0.4, 0.5) is 4.79 Å². The van der Waals surface area contributed by atoms with E-state index in [2.05, 4.69) is 20.1 Å². The van der Waals surface area contributed by atoms with Crippen LogP contribution in [0.25, 0.3) is 11.4 Å². The molecule has 1 saturated carbocycles. The lowest BCUT2D eigenvalue weighted by molar-refractivity contribution is -0.120. The lowest BCUT2D eigenvalue weighted by atomic mass is 10.1. The second-order valence-electron chi connectivity index (χ2n) is 7.23. The van der Waals surface area contributed by atoms with Crippen LogP contribution in [0.15, 0.2) is 29.4 Å².